The van der Waals surface area contributed by atoms with Crippen molar-refractivity contribution in [2.75, 3.05) is 26.7 Å². The molecule has 148 valence electrons. The molecule has 0 spiro atoms. The minimum Gasteiger partial charge on any atom is -0.496 e. The maximum Gasteiger partial charge on any atom is 0.225 e. The number of carbonyl (C=O) groups excluding carboxylic acids is 2. The van der Waals surface area contributed by atoms with E-state index in [0.717, 1.165) is 28.9 Å². The van der Waals surface area contributed by atoms with Gasteiger partial charge in [0.25, 0.3) is 0 Å². The Bertz CT molecular complexity index is 834. The van der Waals surface area contributed by atoms with Crippen molar-refractivity contribution in [3.63, 3.8) is 0 Å². The Morgan fingerprint density at radius 2 is 1.86 bits per heavy atom. The average molecular weight is 380 g/mol. The number of para-hydroxylation sites is 1. The van der Waals surface area contributed by atoms with Gasteiger partial charge in [-0.2, -0.15) is 0 Å². The number of ether oxygens (including phenoxy) is 1. The lowest BCUT2D eigenvalue weighted by Gasteiger charge is -2.24. The molecule has 5 heteroatoms. The molecule has 1 heterocycles. The fourth-order valence-electron chi connectivity index (χ4n) is 3.75. The Labute approximate surface area is 166 Å². The molecule has 1 saturated heterocycles. The first-order valence-electron chi connectivity index (χ1n) is 9.90. The molecule has 1 aliphatic heterocycles. The quantitative estimate of drug-likeness (QED) is 0.837. The van der Waals surface area contributed by atoms with Crippen LogP contribution in [0, 0.1) is 5.92 Å². The third kappa shape index (κ3) is 4.53. The van der Waals surface area contributed by atoms with Crippen molar-refractivity contribution in [3.05, 3.63) is 54.1 Å². The molecule has 3 rings (SSSR count). The van der Waals surface area contributed by atoms with E-state index in [1.165, 1.54) is 0 Å². The van der Waals surface area contributed by atoms with Crippen LogP contribution in [0.2, 0.25) is 0 Å². The monoisotopic (exact) mass is 380 g/mol. The fraction of sp³-hybridized carbons (Fsp3) is 0.391. The number of nitrogens with zero attached hydrogens (tertiary/aromatic N) is 1. The van der Waals surface area contributed by atoms with Crippen LogP contribution >= 0.6 is 0 Å². The molecular weight excluding hydrogens is 352 g/mol. The highest BCUT2D eigenvalue weighted by molar-refractivity contribution is 5.83. The van der Waals surface area contributed by atoms with E-state index in [1.807, 2.05) is 48.2 Å². The largest absolute Gasteiger partial charge is 0.496 e. The Balaban J connectivity index is 1.88. The van der Waals surface area contributed by atoms with E-state index in [0.29, 0.717) is 32.5 Å². The molecule has 28 heavy (non-hydrogen) atoms. The van der Waals surface area contributed by atoms with Crippen LogP contribution in [0.3, 0.4) is 0 Å². The summed E-state index contributed by atoms with van der Waals surface area (Å²) in [6.07, 6.45) is 1.92. The van der Waals surface area contributed by atoms with E-state index in [9.17, 15) is 9.59 Å². The third-order valence-corrected chi connectivity index (χ3v) is 5.19. The highest BCUT2D eigenvalue weighted by Gasteiger charge is 2.28. The summed E-state index contributed by atoms with van der Waals surface area (Å²) in [4.78, 5) is 26.9. The first kappa shape index (κ1) is 19.9. The lowest BCUT2D eigenvalue weighted by molar-refractivity contribution is -0.132. The highest BCUT2D eigenvalue weighted by atomic mass is 16.5. The van der Waals surface area contributed by atoms with Crippen molar-refractivity contribution >= 4 is 11.8 Å². The molecule has 1 N–H and O–H groups in total. The van der Waals surface area contributed by atoms with Gasteiger partial charge in [-0.15, -0.1) is 0 Å². The number of nitrogens with one attached hydrogen (secondary N) is 1. The van der Waals surface area contributed by atoms with Crippen LogP contribution in [0.5, 0.6) is 5.75 Å². The Hall–Kier alpha value is -2.82. The lowest BCUT2D eigenvalue weighted by Crippen LogP contribution is -2.37. The summed E-state index contributed by atoms with van der Waals surface area (Å²) in [7, 11) is 1.66. The lowest BCUT2D eigenvalue weighted by atomic mass is 9.91. The highest BCUT2D eigenvalue weighted by Crippen LogP contribution is 2.33. The predicted octanol–water partition coefficient (Wildman–Crippen LogP) is 3.28. The van der Waals surface area contributed by atoms with Gasteiger partial charge in [-0.05, 0) is 30.0 Å². The van der Waals surface area contributed by atoms with Crippen LogP contribution in [0.1, 0.15) is 25.3 Å². The van der Waals surface area contributed by atoms with Crippen LogP contribution in [-0.2, 0) is 16.0 Å². The van der Waals surface area contributed by atoms with Crippen LogP contribution in [0.25, 0.3) is 11.1 Å². The number of hydrogen-bond donors (Lipinski definition) is 1. The second-order valence-electron chi connectivity index (χ2n) is 7.14. The molecule has 2 aromatic carbocycles. The zero-order chi connectivity index (χ0) is 19.9. The van der Waals surface area contributed by atoms with Gasteiger partial charge in [0.05, 0.1) is 13.0 Å². The molecule has 0 radical (unpaired) electrons. The van der Waals surface area contributed by atoms with E-state index in [2.05, 4.69) is 17.4 Å². The van der Waals surface area contributed by atoms with Gasteiger partial charge in [-0.25, -0.2) is 0 Å². The SMILES string of the molecule is CCCC(=O)N1CCNC(=O)[C@H](Cc2ccccc2-c2ccccc2OC)C1. The average Bonchev–Trinajstić information content (AvgIpc) is 2.90. The van der Waals surface area contributed by atoms with Gasteiger partial charge in [0, 0.05) is 31.6 Å². The van der Waals surface area contributed by atoms with E-state index < -0.39 is 0 Å². The minimum atomic E-state index is -0.265. The molecule has 0 unspecified atom stereocenters. The number of benzene rings is 2. The Morgan fingerprint density at radius 1 is 1.14 bits per heavy atom. The molecule has 2 amide bonds. The molecule has 0 aromatic heterocycles. The zero-order valence-corrected chi connectivity index (χ0v) is 16.6. The van der Waals surface area contributed by atoms with E-state index in [-0.39, 0.29) is 17.7 Å². The standard InChI is InChI=1S/C23H28N2O3/c1-3-8-22(26)25-14-13-24-23(27)18(16-25)15-17-9-4-5-10-19(17)20-11-6-7-12-21(20)28-2/h4-7,9-12,18H,3,8,13-16H2,1-2H3,(H,24,27)/t18-/m1/s1. The summed E-state index contributed by atoms with van der Waals surface area (Å²) >= 11 is 0. The van der Waals surface area contributed by atoms with Crippen molar-refractivity contribution in [2.24, 2.45) is 5.92 Å². The van der Waals surface area contributed by atoms with E-state index in [1.54, 1.807) is 7.11 Å². The molecule has 2 aromatic rings. The van der Waals surface area contributed by atoms with Crippen LogP contribution in [0.15, 0.2) is 48.5 Å². The Morgan fingerprint density at radius 3 is 2.61 bits per heavy atom. The summed E-state index contributed by atoms with van der Waals surface area (Å²) in [6, 6.07) is 16.0. The third-order valence-electron chi connectivity index (χ3n) is 5.19. The Kier molecular flexibility index (Phi) is 6.69. The first-order chi connectivity index (χ1) is 13.6. The molecule has 5 nitrogen and oxygen atoms in total. The molecule has 0 aliphatic carbocycles. The molecule has 1 atom stereocenters. The van der Waals surface area contributed by atoms with E-state index in [4.69, 9.17) is 4.74 Å². The molecule has 0 saturated carbocycles. The van der Waals surface area contributed by atoms with Crippen molar-refractivity contribution in [1.82, 2.24) is 10.2 Å². The van der Waals surface area contributed by atoms with Crippen LogP contribution in [0.4, 0.5) is 0 Å². The number of rotatable bonds is 6. The maximum absolute atomic E-state index is 12.6. The minimum absolute atomic E-state index is 0.0154. The van der Waals surface area contributed by atoms with Gasteiger partial charge in [0.15, 0.2) is 0 Å². The van der Waals surface area contributed by atoms with Crippen molar-refractivity contribution in [2.45, 2.75) is 26.2 Å². The van der Waals surface area contributed by atoms with Gasteiger partial charge >= 0.3 is 0 Å². The molecule has 1 aliphatic rings. The van der Waals surface area contributed by atoms with Crippen LogP contribution < -0.4 is 10.1 Å². The van der Waals surface area contributed by atoms with Gasteiger partial charge in [-0.3, -0.25) is 9.59 Å². The first-order valence-corrected chi connectivity index (χ1v) is 9.90. The second kappa shape index (κ2) is 9.40. The molecule has 1 fully saturated rings. The van der Waals surface area contributed by atoms with Gasteiger partial charge < -0.3 is 15.0 Å². The van der Waals surface area contributed by atoms with Crippen molar-refractivity contribution < 1.29 is 14.3 Å². The number of carbonyl (C=O) groups is 2. The summed E-state index contributed by atoms with van der Waals surface area (Å²) in [5.41, 5.74) is 3.15. The normalized spacial score (nSPS) is 17.0. The summed E-state index contributed by atoms with van der Waals surface area (Å²) in [5.74, 6) is 0.683. The number of methoxy groups -OCH3 is 1. The fourth-order valence-corrected chi connectivity index (χ4v) is 3.75. The molecule has 0 bridgehead atoms. The second-order valence-corrected chi connectivity index (χ2v) is 7.14. The summed E-state index contributed by atoms with van der Waals surface area (Å²) < 4.78 is 5.53. The smallest absolute Gasteiger partial charge is 0.225 e. The van der Waals surface area contributed by atoms with Crippen molar-refractivity contribution in [1.29, 1.82) is 0 Å². The van der Waals surface area contributed by atoms with Gasteiger partial charge in [-0.1, -0.05) is 49.4 Å². The molecular formula is C23H28N2O3. The van der Waals surface area contributed by atoms with Crippen molar-refractivity contribution in [3.8, 4) is 16.9 Å². The maximum atomic E-state index is 12.6. The zero-order valence-electron chi connectivity index (χ0n) is 16.6. The van der Waals surface area contributed by atoms with Gasteiger partial charge in [0.2, 0.25) is 11.8 Å². The topological polar surface area (TPSA) is 58.6 Å². The number of amides is 2. The van der Waals surface area contributed by atoms with Gasteiger partial charge in [0.1, 0.15) is 5.75 Å². The predicted molar refractivity (Wildman–Crippen MR) is 110 cm³/mol. The van der Waals surface area contributed by atoms with E-state index >= 15 is 0 Å². The number of hydrogen-bond acceptors (Lipinski definition) is 3. The summed E-state index contributed by atoms with van der Waals surface area (Å²) in [5, 5.41) is 2.97. The summed E-state index contributed by atoms with van der Waals surface area (Å²) in [6.45, 7) is 3.55. The van der Waals surface area contributed by atoms with Crippen LogP contribution in [-0.4, -0.2) is 43.5 Å².